The topological polar surface area (TPSA) is 193 Å². The van der Waals surface area contributed by atoms with Crippen LogP contribution in [0, 0.1) is 11.8 Å². The first-order valence-electron chi connectivity index (χ1n) is 12.2. The molecular weight excluding hydrogens is 514 g/mol. The Morgan fingerprint density at radius 2 is 1.47 bits per heavy atom. The molecule has 202 valence electrons. The lowest BCUT2D eigenvalue weighted by atomic mass is 9.82. The van der Waals surface area contributed by atoms with Gasteiger partial charge in [-0.1, -0.05) is 38.1 Å². The number of ketones is 2. The van der Waals surface area contributed by atoms with Crippen molar-refractivity contribution in [1.29, 1.82) is 0 Å². The molecule has 4 rings (SSSR count). The van der Waals surface area contributed by atoms with Crippen LogP contribution in [0.25, 0.3) is 0 Å². The monoisotopic (exact) mass is 543 g/mol. The van der Waals surface area contributed by atoms with Crippen LogP contribution in [0.15, 0.2) is 35.2 Å². The van der Waals surface area contributed by atoms with E-state index in [-0.39, 0.29) is 45.9 Å². The molecule has 0 heterocycles. The second-order valence-corrected chi connectivity index (χ2v) is 11.3. The van der Waals surface area contributed by atoms with Crippen molar-refractivity contribution in [3.63, 3.8) is 0 Å². The Hall–Kier alpha value is -3.77. The maximum absolute atomic E-state index is 13.4. The Morgan fingerprint density at radius 1 is 0.947 bits per heavy atom. The van der Waals surface area contributed by atoms with Crippen LogP contribution in [0.3, 0.4) is 0 Å². The molecule has 38 heavy (non-hydrogen) atoms. The molecule has 0 saturated heterocycles. The zero-order chi connectivity index (χ0) is 27.9. The maximum Gasteiger partial charge on any atom is 0.307 e. The molecule has 0 radical (unpaired) electrons. The molecular formula is C26H29N3O8S. The third-order valence-corrected chi connectivity index (χ3v) is 8.36. The van der Waals surface area contributed by atoms with E-state index >= 15 is 0 Å². The van der Waals surface area contributed by atoms with E-state index in [1.54, 1.807) is 19.1 Å². The average Bonchev–Trinajstić information content (AvgIpc) is 2.87. The summed E-state index contributed by atoms with van der Waals surface area (Å²) in [6.45, 7) is 3.04. The van der Waals surface area contributed by atoms with Gasteiger partial charge in [-0.15, -0.1) is 0 Å². The lowest BCUT2D eigenvalue weighted by Gasteiger charge is -2.32. The van der Waals surface area contributed by atoms with Crippen LogP contribution in [0.4, 0.5) is 11.4 Å². The van der Waals surface area contributed by atoms with Crippen molar-refractivity contribution in [3.05, 3.63) is 52.6 Å². The summed E-state index contributed by atoms with van der Waals surface area (Å²) in [6, 6.07) is 6.83. The number of nitrogens with two attached hydrogens (primary N) is 1. The molecule has 1 saturated carbocycles. The van der Waals surface area contributed by atoms with Crippen LogP contribution in [-0.2, 0) is 19.7 Å². The maximum atomic E-state index is 13.4. The summed E-state index contributed by atoms with van der Waals surface area (Å²) in [6.07, 6.45) is 2.17. The van der Waals surface area contributed by atoms with Gasteiger partial charge in [0.25, 0.3) is 10.1 Å². The largest absolute Gasteiger partial charge is 0.481 e. The number of nitrogen functional groups attached to an aromatic ring is 1. The van der Waals surface area contributed by atoms with Crippen molar-refractivity contribution in [2.24, 2.45) is 11.8 Å². The Kier molecular flexibility index (Phi) is 7.31. The highest BCUT2D eigenvalue weighted by atomic mass is 32.2. The van der Waals surface area contributed by atoms with Gasteiger partial charge >= 0.3 is 5.97 Å². The number of nitrogens with one attached hydrogen (secondary N) is 2. The highest BCUT2D eigenvalue weighted by molar-refractivity contribution is 7.86. The third-order valence-electron chi connectivity index (χ3n) is 7.46. The van der Waals surface area contributed by atoms with E-state index in [1.165, 1.54) is 19.1 Å². The summed E-state index contributed by atoms with van der Waals surface area (Å²) in [4.78, 5) is 49.7. The number of carbonyl (C=O) groups excluding carboxylic acids is 3. The molecule has 1 fully saturated rings. The van der Waals surface area contributed by atoms with E-state index < -0.39 is 50.1 Å². The number of hydrogen-bond donors (Lipinski definition) is 5. The van der Waals surface area contributed by atoms with Gasteiger partial charge in [0, 0.05) is 34.8 Å². The van der Waals surface area contributed by atoms with Gasteiger partial charge in [-0.05, 0) is 31.7 Å². The van der Waals surface area contributed by atoms with Crippen LogP contribution in [0.2, 0.25) is 0 Å². The first-order valence-corrected chi connectivity index (χ1v) is 13.7. The predicted molar refractivity (Wildman–Crippen MR) is 138 cm³/mol. The van der Waals surface area contributed by atoms with Gasteiger partial charge in [-0.2, -0.15) is 8.42 Å². The summed E-state index contributed by atoms with van der Waals surface area (Å²) < 4.78 is 33.9. The minimum atomic E-state index is -4.81. The standard InChI is InChI=1S/C26H29N3O8S/c1-12(13(2)26(33)34)25(32)29-15-9-7-14(8-10-15)28-18-11-19(38(35,36)37)22(27)21-20(18)23(30)16-5-3-4-6-17(16)24(21)31/h3-6,11-15,28H,7-10,27H2,1-2H3,(H,29,32)(H,33,34)(H,35,36,37)/t12?,13-,14?,15?/m1/s1. The number of carboxylic acid groups (broad SMARTS) is 1. The second-order valence-electron chi connectivity index (χ2n) is 9.88. The predicted octanol–water partition coefficient (Wildman–Crippen LogP) is 2.49. The molecule has 2 aromatic carbocycles. The van der Waals surface area contributed by atoms with Crippen molar-refractivity contribution in [3.8, 4) is 0 Å². The molecule has 2 atom stereocenters. The molecule has 11 nitrogen and oxygen atoms in total. The van der Waals surface area contributed by atoms with E-state index in [4.69, 9.17) is 10.8 Å². The van der Waals surface area contributed by atoms with Gasteiger partial charge < -0.3 is 21.5 Å². The van der Waals surface area contributed by atoms with E-state index in [1.807, 2.05) is 0 Å². The second kappa shape index (κ2) is 10.2. The number of hydrogen-bond acceptors (Lipinski definition) is 8. The van der Waals surface area contributed by atoms with E-state index in [0.29, 0.717) is 25.7 Å². The molecule has 2 aromatic rings. The number of fused-ring (bicyclic) bond motifs is 2. The zero-order valence-electron chi connectivity index (χ0n) is 20.9. The summed E-state index contributed by atoms with van der Waals surface area (Å²) in [5.41, 5.74) is 5.54. The number of aliphatic carboxylic acids is 1. The quantitative estimate of drug-likeness (QED) is 0.218. The van der Waals surface area contributed by atoms with Crippen molar-refractivity contribution < 1.29 is 37.3 Å². The number of anilines is 2. The Morgan fingerprint density at radius 3 is 2.00 bits per heavy atom. The van der Waals surface area contributed by atoms with Crippen molar-refractivity contribution in [2.75, 3.05) is 11.1 Å². The number of benzene rings is 2. The summed E-state index contributed by atoms with van der Waals surface area (Å²) in [7, 11) is -4.81. The Labute approximate surface area is 219 Å². The zero-order valence-corrected chi connectivity index (χ0v) is 21.7. The molecule has 0 bridgehead atoms. The minimum absolute atomic E-state index is 0.0505. The van der Waals surface area contributed by atoms with E-state index in [9.17, 15) is 32.1 Å². The normalized spacial score (nSPS) is 20.6. The Bertz CT molecular complexity index is 1440. The lowest BCUT2D eigenvalue weighted by Crippen LogP contribution is -2.44. The fraction of sp³-hybridized carbons (Fsp3) is 0.385. The van der Waals surface area contributed by atoms with Crippen molar-refractivity contribution >= 4 is 44.9 Å². The highest BCUT2D eigenvalue weighted by Crippen LogP contribution is 2.40. The number of amides is 1. The summed E-state index contributed by atoms with van der Waals surface area (Å²) >= 11 is 0. The van der Waals surface area contributed by atoms with Gasteiger partial charge in [0.1, 0.15) is 4.90 Å². The summed E-state index contributed by atoms with van der Waals surface area (Å²) in [5.74, 6) is -4.02. The van der Waals surface area contributed by atoms with Crippen molar-refractivity contribution in [2.45, 2.75) is 56.5 Å². The van der Waals surface area contributed by atoms with Gasteiger partial charge in [0.05, 0.1) is 22.7 Å². The van der Waals surface area contributed by atoms with Crippen LogP contribution in [0.5, 0.6) is 0 Å². The SMILES string of the molecule is CC(C(=O)NC1CCC(Nc2cc(S(=O)(=O)O)c(N)c3c2C(=O)c2ccccc2C3=O)CC1)[C@@H](C)C(=O)O. The molecule has 0 aromatic heterocycles. The van der Waals surface area contributed by atoms with Gasteiger partial charge in [0.15, 0.2) is 11.6 Å². The highest BCUT2D eigenvalue weighted by Gasteiger charge is 2.37. The van der Waals surface area contributed by atoms with Crippen LogP contribution < -0.4 is 16.4 Å². The molecule has 12 heteroatoms. The molecule has 1 amide bonds. The van der Waals surface area contributed by atoms with Crippen LogP contribution >= 0.6 is 0 Å². The van der Waals surface area contributed by atoms with E-state index in [2.05, 4.69) is 10.6 Å². The van der Waals surface area contributed by atoms with Crippen molar-refractivity contribution in [1.82, 2.24) is 5.32 Å². The fourth-order valence-corrected chi connectivity index (χ4v) is 5.64. The Balaban J connectivity index is 1.58. The summed E-state index contributed by atoms with van der Waals surface area (Å²) in [5, 5.41) is 15.2. The molecule has 6 N–H and O–H groups in total. The van der Waals surface area contributed by atoms with Crippen LogP contribution in [0.1, 0.15) is 71.4 Å². The first-order chi connectivity index (χ1) is 17.8. The molecule has 0 spiro atoms. The van der Waals surface area contributed by atoms with Crippen LogP contribution in [-0.4, -0.2) is 53.6 Å². The molecule has 2 aliphatic carbocycles. The fourth-order valence-electron chi connectivity index (χ4n) is 5.00. The smallest absolute Gasteiger partial charge is 0.307 e. The average molecular weight is 544 g/mol. The molecule has 2 aliphatic rings. The van der Waals surface area contributed by atoms with Gasteiger partial charge in [-0.25, -0.2) is 0 Å². The lowest BCUT2D eigenvalue weighted by molar-refractivity contribution is -0.146. The number of carbonyl (C=O) groups is 4. The number of rotatable bonds is 7. The van der Waals surface area contributed by atoms with E-state index in [0.717, 1.165) is 6.07 Å². The van der Waals surface area contributed by atoms with Gasteiger partial charge in [-0.3, -0.25) is 23.7 Å². The molecule has 1 unspecified atom stereocenters. The third kappa shape index (κ3) is 5.01. The first kappa shape index (κ1) is 27.3. The number of carboxylic acids is 1. The van der Waals surface area contributed by atoms with Gasteiger partial charge in [0.2, 0.25) is 5.91 Å². The molecule has 0 aliphatic heterocycles. The minimum Gasteiger partial charge on any atom is -0.481 e.